The van der Waals surface area contributed by atoms with Gasteiger partial charge in [0.05, 0.1) is 6.26 Å². The molecule has 0 aliphatic heterocycles. The molecule has 0 radical (unpaired) electrons. The molecule has 0 spiro atoms. The minimum absolute atomic E-state index is 0.132. The molecule has 0 aliphatic rings. The van der Waals surface area contributed by atoms with E-state index in [2.05, 4.69) is 10.3 Å². The van der Waals surface area contributed by atoms with Crippen LogP contribution in [0.3, 0.4) is 0 Å². The normalized spacial score (nSPS) is 10.5. The largest absolute Gasteiger partial charge is 0.463 e. The first-order chi connectivity index (χ1) is 11.7. The second-order valence-electron chi connectivity index (χ2n) is 5.36. The first kappa shape index (κ1) is 15.9. The molecule has 0 aliphatic carbocycles. The van der Waals surface area contributed by atoms with Crippen LogP contribution in [0, 0.1) is 5.82 Å². The van der Waals surface area contributed by atoms with Crippen LogP contribution in [-0.2, 0) is 17.8 Å². The van der Waals surface area contributed by atoms with Crippen molar-refractivity contribution in [2.75, 3.05) is 0 Å². The standard InChI is InChI=1S/C19H17FN2O2/c20-16-7-2-1-5-14(16)9-10-18(23)22-13-15-6-3-11-21-19(15)17-8-4-12-24-17/h1-8,11-12H,9-10,13H2,(H,22,23). The number of carbonyl (C=O) groups excluding carboxylic acids is 1. The number of furan rings is 1. The van der Waals surface area contributed by atoms with Gasteiger partial charge in [0.15, 0.2) is 5.76 Å². The van der Waals surface area contributed by atoms with E-state index in [1.54, 1.807) is 36.7 Å². The highest BCUT2D eigenvalue weighted by atomic mass is 19.1. The number of hydrogen-bond acceptors (Lipinski definition) is 3. The number of nitrogens with zero attached hydrogens (tertiary/aromatic N) is 1. The Balaban J connectivity index is 1.58. The summed E-state index contributed by atoms with van der Waals surface area (Å²) in [5.41, 5.74) is 2.12. The first-order valence-corrected chi connectivity index (χ1v) is 7.72. The molecular formula is C19H17FN2O2. The molecule has 1 aromatic carbocycles. The Bertz CT molecular complexity index is 816. The fourth-order valence-electron chi connectivity index (χ4n) is 2.45. The van der Waals surface area contributed by atoms with Crippen LogP contribution in [-0.4, -0.2) is 10.9 Å². The van der Waals surface area contributed by atoms with Crippen molar-refractivity contribution in [3.8, 4) is 11.5 Å². The fraction of sp³-hybridized carbons (Fsp3) is 0.158. The second kappa shape index (κ2) is 7.55. The third kappa shape index (κ3) is 3.87. The number of aryl methyl sites for hydroxylation is 1. The second-order valence-corrected chi connectivity index (χ2v) is 5.36. The molecule has 0 saturated carbocycles. The van der Waals surface area contributed by atoms with E-state index < -0.39 is 0 Å². The first-order valence-electron chi connectivity index (χ1n) is 7.72. The van der Waals surface area contributed by atoms with Gasteiger partial charge in [0.1, 0.15) is 11.5 Å². The molecule has 1 N–H and O–H groups in total. The summed E-state index contributed by atoms with van der Waals surface area (Å²) in [7, 11) is 0. The lowest BCUT2D eigenvalue weighted by molar-refractivity contribution is -0.121. The highest BCUT2D eigenvalue weighted by molar-refractivity contribution is 5.76. The molecule has 0 fully saturated rings. The van der Waals surface area contributed by atoms with Gasteiger partial charge in [-0.3, -0.25) is 9.78 Å². The summed E-state index contributed by atoms with van der Waals surface area (Å²) in [6.07, 6.45) is 3.87. The number of aromatic nitrogens is 1. The average molecular weight is 324 g/mol. The molecule has 24 heavy (non-hydrogen) atoms. The number of benzene rings is 1. The number of rotatable bonds is 6. The van der Waals surface area contributed by atoms with E-state index in [1.807, 2.05) is 18.2 Å². The molecule has 0 bridgehead atoms. The van der Waals surface area contributed by atoms with Gasteiger partial charge < -0.3 is 9.73 Å². The SMILES string of the molecule is O=C(CCc1ccccc1F)NCc1cccnc1-c1ccco1. The molecule has 3 aromatic rings. The summed E-state index contributed by atoms with van der Waals surface area (Å²) < 4.78 is 18.9. The number of nitrogens with one attached hydrogen (secondary N) is 1. The molecule has 0 atom stereocenters. The van der Waals surface area contributed by atoms with Crippen molar-refractivity contribution in [3.63, 3.8) is 0 Å². The lowest BCUT2D eigenvalue weighted by Crippen LogP contribution is -2.23. The Morgan fingerprint density at radius 1 is 1.08 bits per heavy atom. The predicted octanol–water partition coefficient (Wildman–Crippen LogP) is 3.73. The molecule has 1 amide bonds. The number of amides is 1. The molecule has 0 unspecified atom stereocenters. The van der Waals surface area contributed by atoms with Crippen LogP contribution < -0.4 is 5.32 Å². The van der Waals surface area contributed by atoms with Crippen LogP contribution in [0.5, 0.6) is 0 Å². The third-order valence-corrected chi connectivity index (χ3v) is 3.70. The topological polar surface area (TPSA) is 55.1 Å². The predicted molar refractivity (Wildman–Crippen MR) is 88.5 cm³/mol. The maximum Gasteiger partial charge on any atom is 0.220 e. The molecule has 5 heteroatoms. The Hall–Kier alpha value is -2.95. The highest BCUT2D eigenvalue weighted by Gasteiger charge is 2.10. The van der Waals surface area contributed by atoms with E-state index in [0.29, 0.717) is 30.0 Å². The van der Waals surface area contributed by atoms with Crippen LogP contribution in [0.2, 0.25) is 0 Å². The van der Waals surface area contributed by atoms with Crippen molar-refractivity contribution >= 4 is 5.91 Å². The molecule has 122 valence electrons. The number of carbonyl (C=O) groups is 1. The van der Waals surface area contributed by atoms with E-state index in [4.69, 9.17) is 4.42 Å². The van der Waals surface area contributed by atoms with E-state index in [1.165, 1.54) is 6.07 Å². The van der Waals surface area contributed by atoms with E-state index in [9.17, 15) is 9.18 Å². The van der Waals surface area contributed by atoms with Crippen molar-refractivity contribution < 1.29 is 13.6 Å². The van der Waals surface area contributed by atoms with Gasteiger partial charge in [-0.05, 0) is 36.2 Å². The molecule has 0 saturated heterocycles. The Morgan fingerprint density at radius 2 is 1.92 bits per heavy atom. The molecule has 2 heterocycles. The summed E-state index contributed by atoms with van der Waals surface area (Å²) in [6.45, 7) is 0.347. The zero-order valence-electron chi connectivity index (χ0n) is 13.0. The van der Waals surface area contributed by atoms with Crippen LogP contribution in [0.1, 0.15) is 17.5 Å². The van der Waals surface area contributed by atoms with E-state index >= 15 is 0 Å². The van der Waals surface area contributed by atoms with Crippen molar-refractivity contribution in [2.24, 2.45) is 0 Å². The smallest absolute Gasteiger partial charge is 0.220 e. The van der Waals surface area contributed by atoms with Gasteiger partial charge in [-0.1, -0.05) is 24.3 Å². The van der Waals surface area contributed by atoms with Gasteiger partial charge in [-0.15, -0.1) is 0 Å². The maximum absolute atomic E-state index is 13.6. The van der Waals surface area contributed by atoms with Crippen LogP contribution >= 0.6 is 0 Å². The zero-order chi connectivity index (χ0) is 16.8. The minimum Gasteiger partial charge on any atom is -0.463 e. The molecular weight excluding hydrogens is 307 g/mol. The van der Waals surface area contributed by atoms with Crippen molar-refractivity contribution in [1.29, 1.82) is 0 Å². The molecule has 4 nitrogen and oxygen atoms in total. The van der Waals surface area contributed by atoms with Gasteiger partial charge >= 0.3 is 0 Å². The summed E-state index contributed by atoms with van der Waals surface area (Å²) >= 11 is 0. The minimum atomic E-state index is -0.280. The summed E-state index contributed by atoms with van der Waals surface area (Å²) in [6, 6.07) is 13.8. The number of pyridine rings is 1. The monoisotopic (exact) mass is 324 g/mol. The molecule has 2 aromatic heterocycles. The van der Waals surface area contributed by atoms with Gasteiger partial charge in [0.2, 0.25) is 5.91 Å². The summed E-state index contributed by atoms with van der Waals surface area (Å²) in [4.78, 5) is 16.3. The Labute approximate surface area is 139 Å². The van der Waals surface area contributed by atoms with Crippen molar-refractivity contribution in [1.82, 2.24) is 10.3 Å². The number of hydrogen-bond donors (Lipinski definition) is 1. The fourth-order valence-corrected chi connectivity index (χ4v) is 2.45. The molecule has 3 rings (SSSR count). The van der Waals surface area contributed by atoms with Crippen molar-refractivity contribution in [2.45, 2.75) is 19.4 Å². The zero-order valence-corrected chi connectivity index (χ0v) is 13.0. The highest BCUT2D eigenvalue weighted by Crippen LogP contribution is 2.21. The van der Waals surface area contributed by atoms with Gasteiger partial charge in [0.25, 0.3) is 0 Å². The van der Waals surface area contributed by atoms with E-state index in [-0.39, 0.29) is 18.1 Å². The van der Waals surface area contributed by atoms with Gasteiger partial charge in [0, 0.05) is 24.7 Å². The maximum atomic E-state index is 13.6. The third-order valence-electron chi connectivity index (χ3n) is 3.70. The number of halogens is 1. The van der Waals surface area contributed by atoms with Crippen LogP contribution in [0.4, 0.5) is 4.39 Å². The van der Waals surface area contributed by atoms with E-state index in [0.717, 1.165) is 5.56 Å². The lowest BCUT2D eigenvalue weighted by Gasteiger charge is -2.08. The quantitative estimate of drug-likeness (QED) is 0.751. The summed E-state index contributed by atoms with van der Waals surface area (Å²) in [5, 5.41) is 2.85. The summed E-state index contributed by atoms with van der Waals surface area (Å²) in [5.74, 6) is 0.247. The lowest BCUT2D eigenvalue weighted by atomic mass is 10.1. The van der Waals surface area contributed by atoms with Crippen molar-refractivity contribution in [3.05, 3.63) is 77.9 Å². The Morgan fingerprint density at radius 3 is 2.71 bits per heavy atom. The Kier molecular flexibility index (Phi) is 5.01. The van der Waals surface area contributed by atoms with Gasteiger partial charge in [-0.25, -0.2) is 4.39 Å². The van der Waals surface area contributed by atoms with Crippen LogP contribution in [0.15, 0.2) is 65.4 Å². The average Bonchev–Trinajstić information content (AvgIpc) is 3.14. The van der Waals surface area contributed by atoms with Crippen LogP contribution in [0.25, 0.3) is 11.5 Å². The van der Waals surface area contributed by atoms with Gasteiger partial charge in [-0.2, -0.15) is 0 Å².